The van der Waals surface area contributed by atoms with Gasteiger partial charge in [-0.2, -0.15) is 0 Å². The Labute approximate surface area is 87.3 Å². The van der Waals surface area contributed by atoms with Crippen LogP contribution in [0.2, 0.25) is 0 Å². The SMILES string of the molecule is CCOC(=O)CC(O)c1cc(C)cs1. The third-order valence-electron chi connectivity index (χ3n) is 1.74. The Hall–Kier alpha value is -0.870. The van der Waals surface area contributed by atoms with Crippen LogP contribution in [0.25, 0.3) is 0 Å². The van der Waals surface area contributed by atoms with E-state index in [0.29, 0.717) is 6.61 Å². The highest BCUT2D eigenvalue weighted by atomic mass is 32.1. The van der Waals surface area contributed by atoms with E-state index < -0.39 is 6.10 Å². The molecule has 0 aliphatic carbocycles. The smallest absolute Gasteiger partial charge is 0.308 e. The van der Waals surface area contributed by atoms with E-state index in [-0.39, 0.29) is 12.4 Å². The van der Waals surface area contributed by atoms with E-state index in [1.165, 1.54) is 11.3 Å². The predicted molar refractivity (Wildman–Crippen MR) is 55.3 cm³/mol. The highest BCUT2D eigenvalue weighted by Gasteiger charge is 2.14. The normalized spacial score (nSPS) is 12.5. The Morgan fingerprint density at radius 2 is 2.43 bits per heavy atom. The van der Waals surface area contributed by atoms with Crippen LogP contribution in [0.15, 0.2) is 11.4 Å². The molecule has 0 fully saturated rings. The fourth-order valence-electron chi connectivity index (χ4n) is 1.11. The number of thiophene rings is 1. The van der Waals surface area contributed by atoms with Crippen LogP contribution in [0.4, 0.5) is 0 Å². The molecule has 1 aromatic heterocycles. The number of carbonyl (C=O) groups excluding carboxylic acids is 1. The number of esters is 1. The standard InChI is InChI=1S/C10H14O3S/c1-3-13-10(12)5-8(11)9-4-7(2)6-14-9/h4,6,8,11H,3,5H2,1-2H3. The molecule has 14 heavy (non-hydrogen) atoms. The summed E-state index contributed by atoms with van der Waals surface area (Å²) in [6.07, 6.45) is -0.693. The van der Waals surface area contributed by atoms with Gasteiger partial charge >= 0.3 is 5.97 Å². The van der Waals surface area contributed by atoms with Crippen molar-refractivity contribution in [1.29, 1.82) is 0 Å². The lowest BCUT2D eigenvalue weighted by Crippen LogP contribution is -2.09. The van der Waals surface area contributed by atoms with Crippen LogP contribution >= 0.6 is 11.3 Å². The van der Waals surface area contributed by atoms with Gasteiger partial charge in [0.15, 0.2) is 0 Å². The molecule has 1 atom stereocenters. The van der Waals surface area contributed by atoms with E-state index in [1.54, 1.807) is 6.92 Å². The van der Waals surface area contributed by atoms with Crippen molar-refractivity contribution in [2.75, 3.05) is 6.61 Å². The number of aryl methyl sites for hydroxylation is 1. The molecule has 3 nitrogen and oxygen atoms in total. The van der Waals surface area contributed by atoms with Crippen molar-refractivity contribution in [1.82, 2.24) is 0 Å². The van der Waals surface area contributed by atoms with Crippen molar-refractivity contribution >= 4 is 17.3 Å². The first kappa shape index (κ1) is 11.2. The number of carbonyl (C=O) groups is 1. The molecule has 78 valence electrons. The molecular weight excluding hydrogens is 200 g/mol. The minimum Gasteiger partial charge on any atom is -0.466 e. The zero-order valence-electron chi connectivity index (χ0n) is 8.32. The number of hydrogen-bond donors (Lipinski definition) is 1. The van der Waals surface area contributed by atoms with Gasteiger partial charge in [0, 0.05) is 4.88 Å². The van der Waals surface area contributed by atoms with Gasteiger partial charge in [0.2, 0.25) is 0 Å². The van der Waals surface area contributed by atoms with Gasteiger partial charge in [-0.05, 0) is 30.9 Å². The summed E-state index contributed by atoms with van der Waals surface area (Å²) in [5.74, 6) is -0.356. The Morgan fingerprint density at radius 3 is 2.93 bits per heavy atom. The zero-order valence-corrected chi connectivity index (χ0v) is 9.13. The highest BCUT2D eigenvalue weighted by molar-refractivity contribution is 7.10. The van der Waals surface area contributed by atoms with Crippen LogP contribution in [0.1, 0.15) is 29.9 Å². The maximum absolute atomic E-state index is 11.1. The fraction of sp³-hybridized carbons (Fsp3) is 0.500. The largest absolute Gasteiger partial charge is 0.466 e. The average molecular weight is 214 g/mol. The summed E-state index contributed by atoms with van der Waals surface area (Å²) in [4.78, 5) is 11.9. The Balaban J connectivity index is 2.50. The molecule has 4 heteroatoms. The van der Waals surface area contributed by atoms with Crippen molar-refractivity contribution in [2.24, 2.45) is 0 Å². The van der Waals surface area contributed by atoms with Crippen molar-refractivity contribution in [3.05, 3.63) is 21.9 Å². The summed E-state index contributed by atoms with van der Waals surface area (Å²) in [5, 5.41) is 11.6. The van der Waals surface area contributed by atoms with E-state index >= 15 is 0 Å². The number of aliphatic hydroxyl groups excluding tert-OH is 1. The van der Waals surface area contributed by atoms with Crippen LogP contribution in [-0.4, -0.2) is 17.7 Å². The van der Waals surface area contributed by atoms with Gasteiger partial charge in [-0.15, -0.1) is 11.3 Å². The Bertz CT molecular complexity index is 306. The third kappa shape index (κ3) is 3.12. The summed E-state index contributed by atoms with van der Waals surface area (Å²) in [6.45, 7) is 4.06. The molecule has 0 saturated carbocycles. The number of hydrogen-bond acceptors (Lipinski definition) is 4. The molecule has 0 amide bonds. The van der Waals surface area contributed by atoms with Crippen molar-refractivity contribution in [2.45, 2.75) is 26.4 Å². The third-order valence-corrected chi connectivity index (χ3v) is 2.90. The van der Waals surface area contributed by atoms with Gasteiger partial charge in [0.05, 0.1) is 19.1 Å². The van der Waals surface area contributed by atoms with E-state index in [9.17, 15) is 9.90 Å². The topological polar surface area (TPSA) is 46.5 Å². The number of rotatable bonds is 4. The van der Waals surface area contributed by atoms with Crippen molar-refractivity contribution in [3.63, 3.8) is 0 Å². The van der Waals surface area contributed by atoms with Gasteiger partial charge in [-0.25, -0.2) is 0 Å². The molecule has 1 rings (SSSR count). The molecule has 1 heterocycles. The fourth-order valence-corrected chi connectivity index (χ4v) is 1.99. The minimum absolute atomic E-state index is 0.0355. The molecule has 0 aromatic carbocycles. The molecule has 1 unspecified atom stereocenters. The average Bonchev–Trinajstić information content (AvgIpc) is 2.52. The van der Waals surface area contributed by atoms with Crippen LogP contribution in [0.5, 0.6) is 0 Å². The number of ether oxygens (including phenoxy) is 1. The zero-order chi connectivity index (χ0) is 10.6. The van der Waals surface area contributed by atoms with Gasteiger partial charge in [-0.3, -0.25) is 4.79 Å². The van der Waals surface area contributed by atoms with Crippen molar-refractivity contribution in [3.8, 4) is 0 Å². The van der Waals surface area contributed by atoms with Crippen molar-refractivity contribution < 1.29 is 14.6 Å². The number of aliphatic hydroxyl groups is 1. The summed E-state index contributed by atoms with van der Waals surface area (Å²) in [7, 11) is 0. The van der Waals surface area contributed by atoms with Crippen LogP contribution < -0.4 is 0 Å². The lowest BCUT2D eigenvalue weighted by Gasteiger charge is -2.06. The summed E-state index contributed by atoms with van der Waals surface area (Å²) in [5.41, 5.74) is 1.10. The molecule has 1 aromatic rings. The molecular formula is C10H14O3S. The first-order valence-electron chi connectivity index (χ1n) is 4.52. The van der Waals surface area contributed by atoms with Crippen LogP contribution in [0, 0.1) is 6.92 Å². The van der Waals surface area contributed by atoms with Crippen LogP contribution in [-0.2, 0) is 9.53 Å². The molecule has 0 aliphatic heterocycles. The lowest BCUT2D eigenvalue weighted by molar-refractivity contribution is -0.145. The summed E-state index contributed by atoms with van der Waals surface area (Å²) < 4.78 is 4.75. The monoisotopic (exact) mass is 214 g/mol. The second-order valence-electron chi connectivity index (χ2n) is 3.05. The Kier molecular flexibility index (Phi) is 4.10. The van der Waals surface area contributed by atoms with Gasteiger partial charge in [-0.1, -0.05) is 0 Å². The van der Waals surface area contributed by atoms with E-state index in [2.05, 4.69) is 0 Å². The minimum atomic E-state index is -0.729. The molecule has 0 radical (unpaired) electrons. The van der Waals surface area contributed by atoms with E-state index in [1.807, 2.05) is 18.4 Å². The maximum Gasteiger partial charge on any atom is 0.308 e. The Morgan fingerprint density at radius 1 is 1.71 bits per heavy atom. The second-order valence-corrected chi connectivity index (χ2v) is 3.99. The van der Waals surface area contributed by atoms with E-state index in [4.69, 9.17) is 4.74 Å². The van der Waals surface area contributed by atoms with Gasteiger partial charge < -0.3 is 9.84 Å². The maximum atomic E-state index is 11.1. The quantitative estimate of drug-likeness (QED) is 0.780. The molecule has 1 N–H and O–H groups in total. The first-order valence-corrected chi connectivity index (χ1v) is 5.40. The van der Waals surface area contributed by atoms with Gasteiger partial charge in [0.25, 0.3) is 0 Å². The molecule has 0 saturated heterocycles. The first-order chi connectivity index (χ1) is 6.63. The van der Waals surface area contributed by atoms with Crippen LogP contribution in [0.3, 0.4) is 0 Å². The predicted octanol–water partition coefficient (Wildman–Crippen LogP) is 2.04. The highest BCUT2D eigenvalue weighted by Crippen LogP contribution is 2.24. The summed E-state index contributed by atoms with van der Waals surface area (Å²) in [6, 6.07) is 1.88. The summed E-state index contributed by atoms with van der Waals surface area (Å²) >= 11 is 1.46. The van der Waals surface area contributed by atoms with E-state index in [0.717, 1.165) is 10.4 Å². The lowest BCUT2D eigenvalue weighted by atomic mass is 10.2. The molecule has 0 aliphatic rings. The second kappa shape index (κ2) is 5.12. The van der Waals surface area contributed by atoms with Gasteiger partial charge in [0.1, 0.15) is 0 Å². The molecule has 0 spiro atoms. The molecule has 0 bridgehead atoms.